The first-order valence-corrected chi connectivity index (χ1v) is 15.2. The summed E-state index contributed by atoms with van der Waals surface area (Å²) in [5.41, 5.74) is 0.649. The summed E-state index contributed by atoms with van der Waals surface area (Å²) < 4.78 is 35.9. The second kappa shape index (κ2) is 12.8. The topological polar surface area (TPSA) is 171 Å². The van der Waals surface area contributed by atoms with Gasteiger partial charge in [0, 0.05) is 12.3 Å². The van der Waals surface area contributed by atoms with Crippen LogP contribution in [-0.4, -0.2) is 63.0 Å². The van der Waals surface area contributed by atoms with E-state index in [1.807, 2.05) is 6.07 Å². The van der Waals surface area contributed by atoms with Crippen molar-refractivity contribution in [3.05, 3.63) is 24.2 Å². The Bertz CT molecular complexity index is 1420. The van der Waals surface area contributed by atoms with Gasteiger partial charge in [-0.3, -0.25) is 14.4 Å². The molecule has 12 nitrogen and oxygen atoms in total. The number of fused-ring (bicyclic) bond motifs is 1. The lowest BCUT2D eigenvalue weighted by atomic mass is 9.81. The third-order valence-electron chi connectivity index (χ3n) is 8.64. The lowest BCUT2D eigenvalue weighted by Crippen LogP contribution is -2.53. The average molecular weight is 615 g/mol. The fourth-order valence-electron chi connectivity index (χ4n) is 5.74. The van der Waals surface area contributed by atoms with Gasteiger partial charge in [0.05, 0.1) is 5.69 Å². The Morgan fingerprint density at radius 2 is 1.93 bits per heavy atom. The number of carbonyl (C=O) groups is 3. The van der Waals surface area contributed by atoms with Crippen molar-refractivity contribution in [1.82, 2.24) is 14.6 Å². The zero-order valence-electron chi connectivity index (χ0n) is 26.3. The molecule has 1 saturated heterocycles. The van der Waals surface area contributed by atoms with E-state index in [1.54, 1.807) is 34.6 Å². The van der Waals surface area contributed by atoms with Crippen LogP contribution in [0.25, 0.3) is 5.52 Å². The molecule has 3 N–H and O–H groups in total. The number of alkyl halides is 1. The SMILES string of the molecule is CC(C)C(=O)Nc1ncnn2c([C@]3(C#N)O[C@H](COC(=O)CC4CCCCC4)[C@@H](OC(=O)[C@H](N)C(C)(C)C)[C@@]3(C)F)ccc12. The number of carbonyl (C=O) groups excluding carboxylic acids is 3. The van der Waals surface area contributed by atoms with E-state index in [4.69, 9.17) is 19.9 Å². The molecule has 0 spiro atoms. The normalized spacial score (nSPS) is 26.7. The van der Waals surface area contributed by atoms with E-state index < -0.39 is 53.5 Å². The average Bonchev–Trinajstić information content (AvgIpc) is 3.49. The van der Waals surface area contributed by atoms with Gasteiger partial charge in [-0.15, -0.1) is 0 Å². The zero-order chi connectivity index (χ0) is 32.4. The van der Waals surface area contributed by atoms with Crippen LogP contribution in [0.15, 0.2) is 18.5 Å². The van der Waals surface area contributed by atoms with Gasteiger partial charge < -0.3 is 25.3 Å². The molecule has 2 aliphatic rings. The number of halogens is 1. The van der Waals surface area contributed by atoms with Crippen LogP contribution in [0.5, 0.6) is 0 Å². The molecule has 0 bridgehead atoms. The smallest absolute Gasteiger partial charge is 0.323 e. The van der Waals surface area contributed by atoms with Crippen molar-refractivity contribution in [2.45, 2.75) is 110 Å². The number of hydrogen-bond acceptors (Lipinski definition) is 10. The van der Waals surface area contributed by atoms with Gasteiger partial charge in [-0.1, -0.05) is 53.9 Å². The highest BCUT2D eigenvalue weighted by atomic mass is 19.1. The highest BCUT2D eigenvalue weighted by Crippen LogP contribution is 2.51. The third kappa shape index (κ3) is 6.42. The number of nitrogens with one attached hydrogen (secondary N) is 1. The first-order valence-electron chi connectivity index (χ1n) is 15.2. The molecule has 2 fully saturated rings. The van der Waals surface area contributed by atoms with Crippen LogP contribution in [0.2, 0.25) is 0 Å². The molecule has 13 heteroatoms. The molecule has 0 radical (unpaired) electrons. The Labute approximate surface area is 256 Å². The largest absolute Gasteiger partial charge is 0.463 e. The molecule has 3 heterocycles. The fraction of sp³-hybridized carbons (Fsp3) is 0.677. The first-order chi connectivity index (χ1) is 20.6. The predicted octanol–water partition coefficient (Wildman–Crippen LogP) is 3.97. The summed E-state index contributed by atoms with van der Waals surface area (Å²) in [6.45, 7) is 9.31. The van der Waals surface area contributed by atoms with Gasteiger partial charge in [-0.25, -0.2) is 13.9 Å². The van der Waals surface area contributed by atoms with Crippen LogP contribution < -0.4 is 11.1 Å². The molecule has 0 aromatic carbocycles. The second-order valence-corrected chi connectivity index (χ2v) is 13.4. The molecule has 44 heavy (non-hydrogen) atoms. The molecule has 2 aromatic rings. The molecule has 2 aromatic heterocycles. The van der Waals surface area contributed by atoms with Crippen molar-refractivity contribution >= 4 is 29.2 Å². The van der Waals surface area contributed by atoms with Gasteiger partial charge in [0.2, 0.25) is 11.5 Å². The Morgan fingerprint density at radius 3 is 2.55 bits per heavy atom. The molecule has 5 atom stereocenters. The van der Waals surface area contributed by atoms with Crippen molar-refractivity contribution in [2.75, 3.05) is 11.9 Å². The summed E-state index contributed by atoms with van der Waals surface area (Å²) in [7, 11) is 0. The number of ether oxygens (including phenoxy) is 3. The maximum absolute atomic E-state index is 17.2. The van der Waals surface area contributed by atoms with Crippen LogP contribution in [0.4, 0.5) is 10.2 Å². The lowest BCUT2D eigenvalue weighted by Gasteiger charge is -2.33. The highest BCUT2D eigenvalue weighted by molar-refractivity contribution is 5.94. The standard InChI is InChI=1S/C31H43FN6O6/c1-18(2)27(40)37-26-20-12-13-22(38(20)36-17-35-26)31(16-33)30(6,32)25(43-28(41)24(34)29(3,4)5)21(44-31)15-42-23(39)14-19-10-8-7-9-11-19/h12-13,17-19,21,24-25H,7-11,14-15,34H2,1-6H3,(H,35,36,37,40)/t21-,24+,25-,30-,31+/m1/s1. The lowest BCUT2D eigenvalue weighted by molar-refractivity contribution is -0.165. The van der Waals surface area contributed by atoms with Crippen molar-refractivity contribution in [2.24, 2.45) is 23.0 Å². The minimum absolute atomic E-state index is 0.0281. The molecule has 1 saturated carbocycles. The van der Waals surface area contributed by atoms with Gasteiger partial charge in [0.1, 0.15) is 36.7 Å². The van der Waals surface area contributed by atoms with Crippen LogP contribution in [0.3, 0.4) is 0 Å². The summed E-state index contributed by atoms with van der Waals surface area (Å²) in [4.78, 5) is 42.5. The number of rotatable bonds is 9. The number of nitrogens with zero attached hydrogens (tertiary/aromatic N) is 4. The number of amides is 1. The number of esters is 2. The number of nitriles is 1. The highest BCUT2D eigenvalue weighted by Gasteiger charge is 2.69. The third-order valence-corrected chi connectivity index (χ3v) is 8.64. The molecule has 0 unspecified atom stereocenters. The number of nitrogens with two attached hydrogens (primary N) is 1. The van der Waals surface area contributed by atoms with Gasteiger partial charge in [0.15, 0.2) is 17.6 Å². The van der Waals surface area contributed by atoms with Gasteiger partial charge in [-0.05, 0) is 43.2 Å². The molecular weight excluding hydrogens is 571 g/mol. The van der Waals surface area contributed by atoms with Gasteiger partial charge in [0.25, 0.3) is 0 Å². The van der Waals surface area contributed by atoms with Crippen molar-refractivity contribution < 1.29 is 33.0 Å². The van der Waals surface area contributed by atoms with E-state index in [1.165, 1.54) is 16.6 Å². The van der Waals surface area contributed by atoms with Gasteiger partial charge >= 0.3 is 11.9 Å². The number of anilines is 1. The predicted molar refractivity (Wildman–Crippen MR) is 158 cm³/mol. The summed E-state index contributed by atoms with van der Waals surface area (Å²) in [5, 5.41) is 17.5. The first kappa shape index (κ1) is 33.3. The minimum atomic E-state index is -2.67. The molecule has 1 amide bonds. The number of hydrogen-bond donors (Lipinski definition) is 2. The minimum Gasteiger partial charge on any atom is -0.463 e. The fourth-order valence-corrected chi connectivity index (χ4v) is 5.74. The second-order valence-electron chi connectivity index (χ2n) is 13.4. The summed E-state index contributed by atoms with van der Waals surface area (Å²) in [6, 6.07) is 3.81. The molecule has 1 aliphatic heterocycles. The van der Waals surface area contributed by atoms with Gasteiger partial charge in [-0.2, -0.15) is 10.4 Å². The Hall–Kier alpha value is -3.63. The van der Waals surface area contributed by atoms with E-state index in [-0.39, 0.29) is 41.2 Å². The van der Waals surface area contributed by atoms with Crippen LogP contribution in [-0.2, 0) is 34.2 Å². The zero-order valence-corrected chi connectivity index (χ0v) is 26.3. The van der Waals surface area contributed by atoms with Crippen LogP contribution in [0.1, 0.15) is 85.8 Å². The Morgan fingerprint density at radius 1 is 1.25 bits per heavy atom. The molecular formula is C31H43FN6O6. The monoisotopic (exact) mass is 614 g/mol. The summed E-state index contributed by atoms with van der Waals surface area (Å²) in [5.74, 6) is -1.63. The van der Waals surface area contributed by atoms with E-state index >= 15 is 4.39 Å². The van der Waals surface area contributed by atoms with Crippen molar-refractivity contribution in [3.8, 4) is 6.07 Å². The van der Waals surface area contributed by atoms with Crippen molar-refractivity contribution in [3.63, 3.8) is 0 Å². The summed E-state index contributed by atoms with van der Waals surface area (Å²) >= 11 is 0. The van der Waals surface area contributed by atoms with E-state index in [9.17, 15) is 19.6 Å². The Balaban J connectivity index is 1.69. The quantitative estimate of drug-likeness (QED) is 0.394. The molecule has 240 valence electrons. The Kier molecular flexibility index (Phi) is 9.66. The maximum Gasteiger partial charge on any atom is 0.323 e. The van der Waals surface area contributed by atoms with E-state index in [0.29, 0.717) is 0 Å². The van der Waals surface area contributed by atoms with Crippen molar-refractivity contribution in [1.29, 1.82) is 5.26 Å². The van der Waals surface area contributed by atoms with E-state index in [2.05, 4.69) is 15.4 Å². The summed E-state index contributed by atoms with van der Waals surface area (Å²) in [6.07, 6.45) is 3.48. The molecule has 1 aliphatic carbocycles. The maximum atomic E-state index is 17.2. The molecule has 4 rings (SSSR count). The van der Waals surface area contributed by atoms with E-state index in [0.717, 1.165) is 45.4 Å². The van der Waals surface area contributed by atoms with Crippen LogP contribution >= 0.6 is 0 Å². The van der Waals surface area contributed by atoms with Crippen LogP contribution in [0, 0.1) is 28.6 Å². The number of aromatic nitrogens is 3.